The summed E-state index contributed by atoms with van der Waals surface area (Å²) < 4.78 is 1.65. The molecule has 0 radical (unpaired) electrons. The first-order valence-electron chi connectivity index (χ1n) is 12.2. The first-order chi connectivity index (χ1) is 16.2. The van der Waals surface area contributed by atoms with Crippen molar-refractivity contribution in [2.75, 3.05) is 19.6 Å². The van der Waals surface area contributed by atoms with E-state index in [0.29, 0.717) is 38.4 Å². The van der Waals surface area contributed by atoms with Gasteiger partial charge in [0.05, 0.1) is 12.9 Å². The van der Waals surface area contributed by atoms with E-state index >= 15 is 0 Å². The van der Waals surface area contributed by atoms with Crippen LogP contribution < -0.4 is 10.6 Å². The predicted octanol–water partition coefficient (Wildman–Crippen LogP) is 2.95. The quantitative estimate of drug-likeness (QED) is 0.562. The van der Waals surface area contributed by atoms with Crippen LogP contribution in [0, 0.1) is 12.8 Å². The maximum Gasteiger partial charge on any atom is 0.273 e. The van der Waals surface area contributed by atoms with Crippen LogP contribution in [0.5, 0.6) is 0 Å². The second-order valence-corrected chi connectivity index (χ2v) is 9.67. The number of aromatic nitrogens is 2. The molecule has 1 aliphatic rings. The van der Waals surface area contributed by atoms with Crippen LogP contribution in [0.15, 0.2) is 30.6 Å². The summed E-state index contributed by atoms with van der Waals surface area (Å²) in [6, 6.07) is 8.05. The maximum absolute atomic E-state index is 13.5. The van der Waals surface area contributed by atoms with Crippen molar-refractivity contribution < 1.29 is 14.4 Å². The van der Waals surface area contributed by atoms with Gasteiger partial charge in [0.2, 0.25) is 5.91 Å². The van der Waals surface area contributed by atoms with E-state index in [1.165, 1.54) is 17.5 Å². The van der Waals surface area contributed by atoms with Crippen molar-refractivity contribution in [1.82, 2.24) is 25.1 Å². The minimum Gasteiger partial charge on any atom is -0.354 e. The number of carbonyl (C=O) groups is 3. The molecular formula is C26H37N5O3. The van der Waals surface area contributed by atoms with Crippen LogP contribution >= 0.6 is 0 Å². The summed E-state index contributed by atoms with van der Waals surface area (Å²) in [6.45, 7) is 11.7. The van der Waals surface area contributed by atoms with E-state index in [-0.39, 0.29) is 35.7 Å². The lowest BCUT2D eigenvalue weighted by Crippen LogP contribution is -2.64. The third-order valence-corrected chi connectivity index (χ3v) is 6.46. The van der Waals surface area contributed by atoms with Crippen LogP contribution in [0.4, 0.5) is 0 Å². The molecule has 0 bridgehead atoms. The van der Waals surface area contributed by atoms with Gasteiger partial charge in [0.1, 0.15) is 11.2 Å². The molecule has 34 heavy (non-hydrogen) atoms. The van der Waals surface area contributed by atoms with Gasteiger partial charge in [-0.2, -0.15) is 0 Å². The summed E-state index contributed by atoms with van der Waals surface area (Å²) in [6.07, 6.45) is 3.75. The number of nitrogens with zero attached hydrogens (tertiary/aromatic N) is 3. The highest BCUT2D eigenvalue weighted by molar-refractivity contribution is 6.07. The number of nitrogens with one attached hydrogen (secondary N) is 2. The summed E-state index contributed by atoms with van der Waals surface area (Å²) in [5, 5.41) is 5.89. The molecule has 8 nitrogen and oxygen atoms in total. The Kier molecular flexibility index (Phi) is 8.12. The molecule has 3 amide bonds. The number of amides is 3. The Morgan fingerprint density at radius 1 is 1.18 bits per heavy atom. The van der Waals surface area contributed by atoms with Crippen molar-refractivity contribution >= 4 is 17.7 Å². The van der Waals surface area contributed by atoms with E-state index in [1.54, 1.807) is 16.4 Å². The minimum atomic E-state index is -1.05. The molecule has 0 fully saturated rings. The Labute approximate surface area is 202 Å². The molecule has 1 aromatic carbocycles. The van der Waals surface area contributed by atoms with Gasteiger partial charge in [-0.1, -0.05) is 45.0 Å². The Morgan fingerprint density at radius 2 is 1.91 bits per heavy atom. The Morgan fingerprint density at radius 3 is 2.59 bits per heavy atom. The molecule has 8 heteroatoms. The van der Waals surface area contributed by atoms with E-state index in [2.05, 4.69) is 29.5 Å². The molecule has 3 rings (SSSR count). The highest BCUT2D eigenvalue weighted by Crippen LogP contribution is 2.29. The number of aryl methyl sites for hydroxylation is 1. The van der Waals surface area contributed by atoms with Gasteiger partial charge in [-0.15, -0.1) is 0 Å². The van der Waals surface area contributed by atoms with E-state index in [4.69, 9.17) is 0 Å². The molecule has 0 saturated carbocycles. The molecule has 1 aromatic heterocycles. The van der Waals surface area contributed by atoms with Crippen molar-refractivity contribution in [3.8, 4) is 0 Å². The lowest BCUT2D eigenvalue weighted by atomic mass is 9.93. The number of hydrogen-bond acceptors (Lipinski definition) is 4. The smallest absolute Gasteiger partial charge is 0.273 e. The molecule has 2 heterocycles. The second-order valence-electron chi connectivity index (χ2n) is 9.67. The molecule has 184 valence electrons. The monoisotopic (exact) mass is 467 g/mol. The molecule has 0 saturated heterocycles. The van der Waals surface area contributed by atoms with Gasteiger partial charge >= 0.3 is 0 Å². The number of imidazole rings is 1. The van der Waals surface area contributed by atoms with Crippen molar-refractivity contribution in [2.24, 2.45) is 5.92 Å². The van der Waals surface area contributed by atoms with Crippen LogP contribution in [-0.4, -0.2) is 57.3 Å². The number of rotatable bonds is 10. The zero-order chi connectivity index (χ0) is 24.9. The van der Waals surface area contributed by atoms with Gasteiger partial charge in [-0.3, -0.25) is 14.4 Å². The van der Waals surface area contributed by atoms with Gasteiger partial charge in [-0.05, 0) is 50.2 Å². The number of fused-ring (bicyclic) bond motifs is 1. The van der Waals surface area contributed by atoms with Crippen LogP contribution in [0.2, 0.25) is 0 Å². The third-order valence-electron chi connectivity index (χ3n) is 6.46. The standard InChI is InChI=1S/C26H37N5O3/c1-6-15-31-24(33)22-21(23(32)27-14-12-20-10-8-7-9-19(20)4)29-17-30(22)16-26(31,5)25(34)28-13-11-18(2)3/h7-10,17-18H,6,11-16H2,1-5H3,(H,27,32)(H,28,34). The van der Waals surface area contributed by atoms with E-state index < -0.39 is 5.54 Å². The molecule has 1 unspecified atom stereocenters. The summed E-state index contributed by atoms with van der Waals surface area (Å²) in [5.74, 6) is -0.424. The van der Waals surface area contributed by atoms with Gasteiger partial charge in [0, 0.05) is 19.6 Å². The molecular weight excluding hydrogens is 430 g/mol. The van der Waals surface area contributed by atoms with Crippen molar-refractivity contribution in [3.63, 3.8) is 0 Å². The zero-order valence-corrected chi connectivity index (χ0v) is 21.0. The van der Waals surface area contributed by atoms with Gasteiger partial charge in [0.15, 0.2) is 5.69 Å². The Hall–Kier alpha value is -3.16. The first kappa shape index (κ1) is 25.5. The van der Waals surface area contributed by atoms with Crippen LogP contribution in [0.3, 0.4) is 0 Å². The lowest BCUT2D eigenvalue weighted by Gasteiger charge is -2.43. The molecule has 2 aromatic rings. The maximum atomic E-state index is 13.5. The number of carbonyl (C=O) groups excluding carboxylic acids is 3. The second kappa shape index (κ2) is 10.8. The van der Waals surface area contributed by atoms with Gasteiger partial charge in [0.25, 0.3) is 11.8 Å². The van der Waals surface area contributed by atoms with Crippen molar-refractivity contribution in [1.29, 1.82) is 0 Å². The van der Waals surface area contributed by atoms with Crippen molar-refractivity contribution in [2.45, 2.75) is 66.0 Å². The largest absolute Gasteiger partial charge is 0.354 e. The molecule has 0 spiro atoms. The van der Waals surface area contributed by atoms with Crippen LogP contribution in [0.25, 0.3) is 0 Å². The third kappa shape index (κ3) is 5.32. The van der Waals surface area contributed by atoms with E-state index in [0.717, 1.165) is 6.42 Å². The highest BCUT2D eigenvalue weighted by atomic mass is 16.2. The fourth-order valence-electron chi connectivity index (χ4n) is 4.38. The Bertz CT molecular complexity index is 1040. The Balaban J connectivity index is 1.76. The summed E-state index contributed by atoms with van der Waals surface area (Å²) in [4.78, 5) is 45.5. The van der Waals surface area contributed by atoms with Crippen molar-refractivity contribution in [3.05, 3.63) is 53.1 Å². The summed E-state index contributed by atoms with van der Waals surface area (Å²) in [5.41, 5.74) is 1.65. The molecule has 1 atom stereocenters. The topological polar surface area (TPSA) is 96.3 Å². The van der Waals surface area contributed by atoms with Gasteiger partial charge < -0.3 is 20.1 Å². The van der Waals surface area contributed by atoms with E-state index in [9.17, 15) is 14.4 Å². The summed E-state index contributed by atoms with van der Waals surface area (Å²) in [7, 11) is 0. The minimum absolute atomic E-state index is 0.109. The molecule has 0 aliphatic carbocycles. The first-order valence-corrected chi connectivity index (χ1v) is 12.2. The normalized spacial score (nSPS) is 17.6. The number of benzene rings is 1. The average molecular weight is 468 g/mol. The molecule has 1 aliphatic heterocycles. The SMILES string of the molecule is CCCN1C(=O)c2c(C(=O)NCCc3ccccc3C)ncn2CC1(C)C(=O)NCCC(C)C. The van der Waals surface area contributed by atoms with Gasteiger partial charge in [-0.25, -0.2) is 4.98 Å². The fourth-order valence-corrected chi connectivity index (χ4v) is 4.38. The average Bonchev–Trinajstić information content (AvgIpc) is 3.21. The highest BCUT2D eigenvalue weighted by Gasteiger charge is 2.48. The van der Waals surface area contributed by atoms with Crippen LogP contribution in [-0.2, 0) is 17.8 Å². The van der Waals surface area contributed by atoms with Crippen LogP contribution in [0.1, 0.15) is 72.6 Å². The molecule has 2 N–H and O–H groups in total. The summed E-state index contributed by atoms with van der Waals surface area (Å²) >= 11 is 0. The zero-order valence-electron chi connectivity index (χ0n) is 21.0. The predicted molar refractivity (Wildman–Crippen MR) is 132 cm³/mol. The fraction of sp³-hybridized carbons (Fsp3) is 0.538. The lowest BCUT2D eigenvalue weighted by molar-refractivity contribution is -0.132. The number of hydrogen-bond donors (Lipinski definition) is 2. The van der Waals surface area contributed by atoms with E-state index in [1.807, 2.05) is 38.1 Å².